The molecule has 32 heavy (non-hydrogen) atoms. The third kappa shape index (κ3) is 3.19. The van der Waals surface area contributed by atoms with Gasteiger partial charge in [-0.05, 0) is 91.0 Å². The van der Waals surface area contributed by atoms with Crippen molar-refractivity contribution in [3.8, 4) is 0 Å². The van der Waals surface area contributed by atoms with E-state index in [2.05, 4.69) is 76.2 Å². The zero-order chi connectivity index (χ0) is 22.2. The Morgan fingerprint density at radius 2 is 0.594 bits per heavy atom. The van der Waals surface area contributed by atoms with Crippen molar-refractivity contribution in [2.24, 2.45) is 0 Å². The first-order chi connectivity index (χ1) is 15.7. The lowest BCUT2D eigenvalue weighted by Gasteiger charge is -2.23. The van der Waals surface area contributed by atoms with E-state index in [0.29, 0.717) is 0 Å². The van der Waals surface area contributed by atoms with Crippen LogP contribution in [-0.2, 0) is 25.7 Å². The highest BCUT2D eigenvalue weighted by Gasteiger charge is 2.21. The molecule has 0 aromatic heterocycles. The topological polar surface area (TPSA) is 0 Å². The maximum Gasteiger partial charge on any atom is -0.00206 e. The summed E-state index contributed by atoms with van der Waals surface area (Å²) in [6.45, 7) is 9.26. The van der Waals surface area contributed by atoms with Crippen LogP contribution in [-0.4, -0.2) is 0 Å². The van der Waals surface area contributed by atoms with Crippen LogP contribution in [0.25, 0.3) is 43.1 Å². The van der Waals surface area contributed by atoms with Crippen molar-refractivity contribution in [1.82, 2.24) is 0 Å². The molecule has 0 fully saturated rings. The van der Waals surface area contributed by atoms with Crippen molar-refractivity contribution >= 4 is 43.1 Å². The molecule has 0 aliphatic carbocycles. The van der Waals surface area contributed by atoms with E-state index in [9.17, 15) is 0 Å². The Kier molecular flexibility index (Phi) is 5.80. The summed E-state index contributed by atoms with van der Waals surface area (Å²) in [5, 5.41) is 12.1. The summed E-state index contributed by atoms with van der Waals surface area (Å²) in [5.74, 6) is 0. The highest BCUT2D eigenvalue weighted by atomic mass is 14.2. The minimum absolute atomic E-state index is 1.15. The molecule has 0 bridgehead atoms. The Morgan fingerprint density at radius 3 is 0.812 bits per heavy atom. The second-order valence-electron chi connectivity index (χ2n) is 9.59. The van der Waals surface area contributed by atoms with Gasteiger partial charge in [0.2, 0.25) is 0 Å². The molecule has 0 aliphatic heterocycles. The molecule has 5 rings (SSSR count). The maximum absolute atomic E-state index is 2.42. The second kappa shape index (κ2) is 8.74. The molecule has 0 heteroatoms. The van der Waals surface area contributed by atoms with E-state index in [1.165, 1.54) is 69.5 Å². The van der Waals surface area contributed by atoms with Gasteiger partial charge < -0.3 is 0 Å². The van der Waals surface area contributed by atoms with Crippen molar-refractivity contribution in [3.05, 3.63) is 70.8 Å². The smallest absolute Gasteiger partial charge is 0.00206 e. The van der Waals surface area contributed by atoms with Crippen molar-refractivity contribution in [2.75, 3.05) is 0 Å². The van der Waals surface area contributed by atoms with E-state index in [1.807, 2.05) is 0 Å². The third-order valence-electron chi connectivity index (χ3n) is 7.30. The fourth-order valence-electron chi connectivity index (χ4n) is 6.06. The molecule has 0 unspecified atom stereocenters. The average molecular weight is 421 g/mol. The van der Waals surface area contributed by atoms with Crippen LogP contribution in [0.5, 0.6) is 0 Å². The number of fused-ring (bicyclic) bond motifs is 2. The van der Waals surface area contributed by atoms with E-state index in [4.69, 9.17) is 0 Å². The zero-order valence-electron chi connectivity index (χ0n) is 20.3. The summed E-state index contributed by atoms with van der Waals surface area (Å²) in [5.41, 5.74) is 6.13. The van der Waals surface area contributed by atoms with Crippen LogP contribution in [0.2, 0.25) is 0 Å². The van der Waals surface area contributed by atoms with Gasteiger partial charge in [0.05, 0.1) is 0 Å². The molecule has 5 aromatic carbocycles. The first-order valence-electron chi connectivity index (χ1n) is 12.9. The van der Waals surface area contributed by atoms with Gasteiger partial charge in [0.1, 0.15) is 0 Å². The highest BCUT2D eigenvalue weighted by molar-refractivity contribution is 6.35. The van der Waals surface area contributed by atoms with Crippen LogP contribution in [0.3, 0.4) is 0 Å². The second-order valence-corrected chi connectivity index (χ2v) is 9.59. The van der Waals surface area contributed by atoms with E-state index in [0.717, 1.165) is 25.7 Å². The average Bonchev–Trinajstić information content (AvgIpc) is 2.80. The number of rotatable bonds is 8. The van der Waals surface area contributed by atoms with Gasteiger partial charge in [-0.1, -0.05) is 102 Å². The van der Waals surface area contributed by atoms with Crippen LogP contribution in [0.4, 0.5) is 0 Å². The SMILES string of the molecule is CCCc1ccc2ccc(CCC)c3c4c(CCC)ccc5ccc(CCC)c(c1c23)c54. The van der Waals surface area contributed by atoms with E-state index >= 15 is 0 Å². The summed E-state index contributed by atoms with van der Waals surface area (Å²) >= 11 is 0. The molecule has 0 saturated heterocycles. The predicted octanol–water partition coefficient (Wildman–Crippen LogP) is 9.55. The normalized spacial score (nSPS) is 12.1. The van der Waals surface area contributed by atoms with Gasteiger partial charge in [-0.3, -0.25) is 0 Å². The van der Waals surface area contributed by atoms with Crippen LogP contribution < -0.4 is 0 Å². The molecule has 5 aromatic rings. The highest BCUT2D eigenvalue weighted by Crippen LogP contribution is 2.46. The molecule has 0 amide bonds. The van der Waals surface area contributed by atoms with Gasteiger partial charge in [0, 0.05) is 0 Å². The molecule has 0 nitrogen and oxygen atoms in total. The minimum Gasteiger partial charge on any atom is -0.0651 e. The quantitative estimate of drug-likeness (QED) is 0.173. The van der Waals surface area contributed by atoms with Crippen LogP contribution in [0, 0.1) is 0 Å². The van der Waals surface area contributed by atoms with Crippen LogP contribution in [0.15, 0.2) is 48.5 Å². The van der Waals surface area contributed by atoms with E-state index in [1.54, 1.807) is 21.5 Å². The van der Waals surface area contributed by atoms with Gasteiger partial charge >= 0.3 is 0 Å². The molecular formula is C32H36. The molecule has 164 valence electrons. The minimum atomic E-state index is 1.15. The monoisotopic (exact) mass is 420 g/mol. The van der Waals surface area contributed by atoms with Crippen LogP contribution >= 0.6 is 0 Å². The molecule has 0 saturated carbocycles. The van der Waals surface area contributed by atoms with Gasteiger partial charge in [-0.2, -0.15) is 0 Å². The number of hydrogen-bond donors (Lipinski definition) is 0. The Balaban J connectivity index is 2.15. The lowest BCUT2D eigenvalue weighted by molar-refractivity contribution is 0.923. The van der Waals surface area contributed by atoms with Gasteiger partial charge in [-0.15, -0.1) is 0 Å². The van der Waals surface area contributed by atoms with Gasteiger partial charge in [0.15, 0.2) is 0 Å². The first-order valence-corrected chi connectivity index (χ1v) is 12.9. The molecule has 0 radical (unpaired) electrons. The molecular weight excluding hydrogens is 384 g/mol. The fourth-order valence-corrected chi connectivity index (χ4v) is 6.06. The largest absolute Gasteiger partial charge is 0.0651 e. The lowest BCUT2D eigenvalue weighted by Crippen LogP contribution is -2.00. The zero-order valence-corrected chi connectivity index (χ0v) is 20.3. The number of hydrogen-bond acceptors (Lipinski definition) is 0. The van der Waals surface area contributed by atoms with Crippen molar-refractivity contribution in [2.45, 2.75) is 79.1 Å². The van der Waals surface area contributed by atoms with E-state index < -0.39 is 0 Å². The van der Waals surface area contributed by atoms with E-state index in [-0.39, 0.29) is 0 Å². The van der Waals surface area contributed by atoms with Crippen molar-refractivity contribution < 1.29 is 0 Å². The lowest BCUT2D eigenvalue weighted by atomic mass is 9.80. The summed E-state index contributed by atoms with van der Waals surface area (Å²) in [4.78, 5) is 0. The maximum atomic E-state index is 2.42. The Morgan fingerprint density at radius 1 is 0.344 bits per heavy atom. The molecule has 0 aliphatic rings. The number of benzene rings is 5. The summed E-state index contributed by atoms with van der Waals surface area (Å²) < 4.78 is 0. The number of aryl methyl sites for hydroxylation is 4. The van der Waals surface area contributed by atoms with Gasteiger partial charge in [0.25, 0.3) is 0 Å². The first kappa shape index (κ1) is 21.3. The predicted molar refractivity (Wildman–Crippen MR) is 144 cm³/mol. The Labute approximate surface area is 193 Å². The molecule has 0 spiro atoms. The summed E-state index contributed by atoms with van der Waals surface area (Å²) in [6.07, 6.45) is 9.33. The molecule has 0 N–H and O–H groups in total. The Hall–Kier alpha value is -2.60. The van der Waals surface area contributed by atoms with Crippen LogP contribution in [0.1, 0.15) is 75.6 Å². The fraction of sp³-hybridized carbons (Fsp3) is 0.375. The molecule has 0 atom stereocenters. The summed E-state index contributed by atoms with van der Waals surface area (Å²) in [7, 11) is 0. The third-order valence-corrected chi connectivity index (χ3v) is 7.30. The van der Waals surface area contributed by atoms with Crippen molar-refractivity contribution in [1.29, 1.82) is 0 Å². The van der Waals surface area contributed by atoms with Gasteiger partial charge in [-0.25, -0.2) is 0 Å². The Bertz CT molecular complexity index is 1190. The summed E-state index contributed by atoms with van der Waals surface area (Å²) in [6, 6.07) is 19.2. The standard InChI is InChI=1S/C32H36/c1-5-9-21-13-17-25-18-15-23(11-7-3)29-30-24(12-8-4)16-20-26-19-14-22(10-6-2)28(32(26)30)27(21)31(25)29/h13-20H,5-12H2,1-4H3. The van der Waals surface area contributed by atoms with Crippen molar-refractivity contribution in [3.63, 3.8) is 0 Å². The molecule has 0 heterocycles.